The van der Waals surface area contributed by atoms with Crippen molar-refractivity contribution >= 4 is 11.8 Å². The average Bonchev–Trinajstić information content (AvgIpc) is 2.74. The first-order valence-corrected chi connectivity index (χ1v) is 6.35. The Kier molecular flexibility index (Phi) is 3.66. The molecule has 0 aromatic heterocycles. The summed E-state index contributed by atoms with van der Waals surface area (Å²) in [6.07, 6.45) is 1.42. The van der Waals surface area contributed by atoms with E-state index in [1.807, 2.05) is 13.8 Å². The summed E-state index contributed by atoms with van der Waals surface area (Å²) in [4.78, 5) is 25.8. The fourth-order valence-electron chi connectivity index (χ4n) is 2.65. The number of amides is 2. The Morgan fingerprint density at radius 1 is 1.59 bits per heavy atom. The quantitative estimate of drug-likeness (QED) is 0.747. The normalized spacial score (nSPS) is 33.6. The molecular formula is C12H20N2O3. The number of carbonyl (C=O) groups excluding carboxylic acids is 2. The summed E-state index contributed by atoms with van der Waals surface area (Å²) in [5.74, 6) is -0.0229. The van der Waals surface area contributed by atoms with Gasteiger partial charge in [-0.3, -0.25) is 9.59 Å². The van der Waals surface area contributed by atoms with Gasteiger partial charge in [0.2, 0.25) is 11.8 Å². The Balaban J connectivity index is 2.09. The molecule has 2 aliphatic heterocycles. The van der Waals surface area contributed by atoms with Crippen LogP contribution in [-0.4, -0.2) is 48.6 Å². The summed E-state index contributed by atoms with van der Waals surface area (Å²) in [7, 11) is 0. The number of carbonyl (C=O) groups is 2. The third kappa shape index (κ3) is 2.29. The lowest BCUT2D eigenvalue weighted by Crippen LogP contribution is -2.58. The zero-order chi connectivity index (χ0) is 12.4. The lowest BCUT2D eigenvalue weighted by atomic mass is 9.98. The molecule has 5 nitrogen and oxygen atoms in total. The van der Waals surface area contributed by atoms with Crippen LogP contribution in [0.3, 0.4) is 0 Å². The van der Waals surface area contributed by atoms with Crippen molar-refractivity contribution in [3.63, 3.8) is 0 Å². The summed E-state index contributed by atoms with van der Waals surface area (Å²) in [5, 5.41) is 2.81. The highest BCUT2D eigenvalue weighted by Gasteiger charge is 2.39. The minimum absolute atomic E-state index is 0.0232. The van der Waals surface area contributed by atoms with Crippen molar-refractivity contribution in [3.8, 4) is 0 Å². The maximum absolute atomic E-state index is 12.4. The van der Waals surface area contributed by atoms with Crippen LogP contribution in [0.1, 0.15) is 26.7 Å². The first-order chi connectivity index (χ1) is 8.15. The number of nitrogens with zero attached hydrogens (tertiary/aromatic N) is 1. The molecule has 2 saturated heterocycles. The molecule has 2 amide bonds. The van der Waals surface area contributed by atoms with Crippen LogP contribution in [0.5, 0.6) is 0 Å². The van der Waals surface area contributed by atoms with Gasteiger partial charge in [0.1, 0.15) is 6.04 Å². The van der Waals surface area contributed by atoms with E-state index in [1.165, 1.54) is 0 Å². The van der Waals surface area contributed by atoms with Crippen molar-refractivity contribution in [2.75, 3.05) is 19.7 Å². The van der Waals surface area contributed by atoms with Gasteiger partial charge in [-0.1, -0.05) is 6.92 Å². The average molecular weight is 240 g/mol. The fourth-order valence-corrected chi connectivity index (χ4v) is 2.65. The molecule has 5 heteroatoms. The Bertz CT molecular complexity index is 319. The van der Waals surface area contributed by atoms with Crippen LogP contribution in [-0.2, 0) is 14.3 Å². The molecule has 0 spiro atoms. The molecule has 0 radical (unpaired) electrons. The van der Waals surface area contributed by atoms with Gasteiger partial charge >= 0.3 is 0 Å². The van der Waals surface area contributed by atoms with Crippen LogP contribution in [0.4, 0.5) is 0 Å². The van der Waals surface area contributed by atoms with Gasteiger partial charge in [0.25, 0.3) is 0 Å². The highest BCUT2D eigenvalue weighted by molar-refractivity contribution is 5.89. The largest absolute Gasteiger partial charge is 0.378 e. The fraction of sp³-hybridized carbons (Fsp3) is 0.833. The lowest BCUT2D eigenvalue weighted by Gasteiger charge is -2.36. The third-order valence-electron chi connectivity index (χ3n) is 3.69. The predicted octanol–water partition coefficient (Wildman–Crippen LogP) is 0.148. The highest BCUT2D eigenvalue weighted by atomic mass is 16.5. The molecule has 17 heavy (non-hydrogen) atoms. The van der Waals surface area contributed by atoms with Gasteiger partial charge < -0.3 is 15.0 Å². The van der Waals surface area contributed by atoms with E-state index >= 15 is 0 Å². The molecule has 3 atom stereocenters. The molecule has 2 rings (SSSR count). The van der Waals surface area contributed by atoms with Crippen molar-refractivity contribution in [3.05, 3.63) is 0 Å². The second-order valence-electron chi connectivity index (χ2n) is 4.72. The Hall–Kier alpha value is -1.10. The third-order valence-corrected chi connectivity index (χ3v) is 3.69. The molecule has 0 bridgehead atoms. The number of piperazine rings is 1. The van der Waals surface area contributed by atoms with Crippen molar-refractivity contribution in [2.45, 2.75) is 38.8 Å². The SMILES string of the molecule is CCC1C(=O)NCCN1C(=O)C1CCOC1C. The van der Waals surface area contributed by atoms with E-state index in [0.717, 1.165) is 6.42 Å². The van der Waals surface area contributed by atoms with Gasteiger partial charge in [0, 0.05) is 19.7 Å². The molecule has 0 aromatic carbocycles. The van der Waals surface area contributed by atoms with Gasteiger partial charge in [0.15, 0.2) is 0 Å². The maximum Gasteiger partial charge on any atom is 0.242 e. The second kappa shape index (κ2) is 5.04. The summed E-state index contributed by atoms with van der Waals surface area (Å²) in [6.45, 7) is 5.69. The summed E-state index contributed by atoms with van der Waals surface area (Å²) >= 11 is 0. The molecular weight excluding hydrogens is 220 g/mol. The van der Waals surface area contributed by atoms with E-state index in [0.29, 0.717) is 26.1 Å². The van der Waals surface area contributed by atoms with Crippen molar-refractivity contribution in [2.24, 2.45) is 5.92 Å². The lowest BCUT2D eigenvalue weighted by molar-refractivity contribution is -0.147. The first kappa shape index (κ1) is 12.4. The van der Waals surface area contributed by atoms with E-state index < -0.39 is 0 Å². The van der Waals surface area contributed by atoms with E-state index in [9.17, 15) is 9.59 Å². The van der Waals surface area contributed by atoms with E-state index in [4.69, 9.17) is 4.74 Å². The van der Waals surface area contributed by atoms with Crippen LogP contribution >= 0.6 is 0 Å². The molecule has 0 aromatic rings. The molecule has 2 fully saturated rings. The maximum atomic E-state index is 12.4. The first-order valence-electron chi connectivity index (χ1n) is 6.35. The van der Waals surface area contributed by atoms with E-state index in [2.05, 4.69) is 5.32 Å². The zero-order valence-corrected chi connectivity index (χ0v) is 10.4. The standard InChI is InChI=1S/C12H20N2O3/c1-3-10-11(15)13-5-6-14(10)12(16)9-4-7-17-8(9)2/h8-10H,3-7H2,1-2H3,(H,13,15). The number of nitrogens with one attached hydrogen (secondary N) is 1. The van der Waals surface area contributed by atoms with Crippen LogP contribution in [0.15, 0.2) is 0 Å². The van der Waals surface area contributed by atoms with Crippen LogP contribution < -0.4 is 5.32 Å². The molecule has 2 heterocycles. The molecule has 1 N–H and O–H groups in total. The van der Waals surface area contributed by atoms with Gasteiger partial charge in [0.05, 0.1) is 12.0 Å². The number of hydrogen-bond acceptors (Lipinski definition) is 3. The van der Waals surface area contributed by atoms with Crippen molar-refractivity contribution in [1.82, 2.24) is 10.2 Å². The number of hydrogen-bond donors (Lipinski definition) is 1. The topological polar surface area (TPSA) is 58.6 Å². The van der Waals surface area contributed by atoms with E-state index in [1.54, 1.807) is 4.90 Å². The minimum Gasteiger partial charge on any atom is -0.378 e. The smallest absolute Gasteiger partial charge is 0.242 e. The number of ether oxygens (including phenoxy) is 1. The zero-order valence-electron chi connectivity index (χ0n) is 10.4. The molecule has 0 saturated carbocycles. The predicted molar refractivity (Wildman–Crippen MR) is 62.3 cm³/mol. The van der Waals surface area contributed by atoms with Gasteiger partial charge in [-0.05, 0) is 19.8 Å². The molecule has 96 valence electrons. The van der Waals surface area contributed by atoms with E-state index in [-0.39, 0.29) is 29.9 Å². The second-order valence-corrected chi connectivity index (χ2v) is 4.72. The van der Waals surface area contributed by atoms with Crippen molar-refractivity contribution < 1.29 is 14.3 Å². The van der Waals surface area contributed by atoms with Crippen molar-refractivity contribution in [1.29, 1.82) is 0 Å². The van der Waals surface area contributed by atoms with Gasteiger partial charge in [-0.2, -0.15) is 0 Å². The van der Waals surface area contributed by atoms with Crippen LogP contribution in [0.2, 0.25) is 0 Å². The molecule has 2 aliphatic rings. The van der Waals surface area contributed by atoms with Crippen LogP contribution in [0.25, 0.3) is 0 Å². The summed E-state index contributed by atoms with van der Waals surface area (Å²) < 4.78 is 5.43. The Morgan fingerprint density at radius 2 is 2.35 bits per heavy atom. The summed E-state index contributed by atoms with van der Waals surface area (Å²) in [6, 6.07) is -0.302. The van der Waals surface area contributed by atoms with Crippen LogP contribution in [0, 0.1) is 5.92 Å². The Morgan fingerprint density at radius 3 is 2.94 bits per heavy atom. The Labute approximate surface area is 101 Å². The summed E-state index contributed by atoms with van der Waals surface area (Å²) in [5.41, 5.74) is 0. The van der Waals surface area contributed by atoms with Gasteiger partial charge in [-0.15, -0.1) is 0 Å². The number of rotatable bonds is 2. The van der Waals surface area contributed by atoms with Gasteiger partial charge in [-0.25, -0.2) is 0 Å². The molecule has 0 aliphatic carbocycles. The monoisotopic (exact) mass is 240 g/mol. The minimum atomic E-state index is -0.302. The highest BCUT2D eigenvalue weighted by Crippen LogP contribution is 2.24. The molecule has 3 unspecified atom stereocenters.